The highest BCUT2D eigenvalue weighted by Gasteiger charge is 2.40. The minimum Gasteiger partial charge on any atom is -0.497 e. The van der Waals surface area contributed by atoms with Gasteiger partial charge >= 0.3 is 0 Å². The Balaban J connectivity index is 1.78. The zero-order chi connectivity index (χ0) is 23.5. The van der Waals surface area contributed by atoms with E-state index < -0.39 is 0 Å². The first-order valence-corrected chi connectivity index (χ1v) is 10.6. The van der Waals surface area contributed by atoms with Gasteiger partial charge in [0.05, 0.1) is 26.3 Å². The summed E-state index contributed by atoms with van der Waals surface area (Å²) in [4.78, 5) is 28.4. The molecule has 0 saturated carbocycles. The van der Waals surface area contributed by atoms with Gasteiger partial charge in [-0.15, -0.1) is 0 Å². The zero-order valence-corrected chi connectivity index (χ0v) is 19.1. The Morgan fingerprint density at radius 2 is 1.55 bits per heavy atom. The highest BCUT2D eigenvalue weighted by molar-refractivity contribution is 6.37. The summed E-state index contributed by atoms with van der Waals surface area (Å²) in [5, 5.41) is 3.26. The van der Waals surface area contributed by atoms with Crippen LogP contribution in [0.15, 0.2) is 72.4 Å². The number of nitrogens with one attached hydrogen (secondary N) is 1. The van der Waals surface area contributed by atoms with E-state index in [1.54, 1.807) is 26.4 Å². The molecule has 0 unspecified atom stereocenters. The minimum atomic E-state index is -0.377. The summed E-state index contributed by atoms with van der Waals surface area (Å²) >= 11 is 0. The first kappa shape index (κ1) is 22.1. The van der Waals surface area contributed by atoms with Crippen molar-refractivity contribution >= 4 is 23.1 Å². The average Bonchev–Trinajstić information content (AvgIpc) is 3.06. The molecule has 2 amide bonds. The third-order valence-corrected chi connectivity index (χ3v) is 5.91. The van der Waals surface area contributed by atoms with Gasteiger partial charge in [0.2, 0.25) is 0 Å². The molecule has 1 aliphatic heterocycles. The molecule has 0 bridgehead atoms. The molecule has 33 heavy (non-hydrogen) atoms. The number of rotatable bonds is 7. The maximum Gasteiger partial charge on any atom is 0.278 e. The van der Waals surface area contributed by atoms with Gasteiger partial charge in [0.15, 0.2) is 0 Å². The molecule has 1 heterocycles. The van der Waals surface area contributed by atoms with Crippen molar-refractivity contribution in [1.82, 2.24) is 4.90 Å². The van der Waals surface area contributed by atoms with Gasteiger partial charge in [-0.05, 0) is 54.8 Å². The fourth-order valence-corrected chi connectivity index (χ4v) is 3.87. The molecule has 0 aliphatic carbocycles. The number of para-hydroxylation sites is 1. The van der Waals surface area contributed by atoms with E-state index in [1.165, 1.54) is 4.90 Å². The first-order chi connectivity index (χ1) is 15.9. The number of carbonyl (C=O) groups excluding carboxylic acids is 2. The number of ether oxygens (including phenoxy) is 2. The summed E-state index contributed by atoms with van der Waals surface area (Å²) in [6, 6.07) is 20.4. The van der Waals surface area contributed by atoms with Gasteiger partial charge in [-0.25, -0.2) is 0 Å². The van der Waals surface area contributed by atoms with Gasteiger partial charge < -0.3 is 14.8 Å². The van der Waals surface area contributed by atoms with Gasteiger partial charge in [0, 0.05) is 11.3 Å². The summed E-state index contributed by atoms with van der Waals surface area (Å²) in [6.45, 7) is 4.14. The molecule has 4 rings (SSSR count). The van der Waals surface area contributed by atoms with Crippen LogP contribution < -0.4 is 14.8 Å². The van der Waals surface area contributed by atoms with E-state index in [2.05, 4.69) is 5.32 Å². The molecule has 0 aromatic heterocycles. The Bertz CT molecular complexity index is 1250. The molecule has 0 fully saturated rings. The minimum absolute atomic E-state index is 0.151. The van der Waals surface area contributed by atoms with Crippen molar-refractivity contribution in [2.75, 3.05) is 19.5 Å². The molecule has 0 saturated heterocycles. The van der Waals surface area contributed by atoms with Gasteiger partial charge in [0.25, 0.3) is 11.8 Å². The molecule has 0 atom stereocenters. The van der Waals surface area contributed by atoms with E-state index >= 15 is 0 Å². The first-order valence-electron chi connectivity index (χ1n) is 10.6. The molecule has 6 nitrogen and oxygen atoms in total. The number of anilines is 1. The molecule has 1 N–H and O–H groups in total. The number of benzene rings is 3. The lowest BCUT2D eigenvalue weighted by atomic mass is 10.0. The lowest BCUT2D eigenvalue weighted by Gasteiger charge is -2.16. The Hall–Kier alpha value is -4.06. The highest BCUT2D eigenvalue weighted by atomic mass is 16.5. The Labute approximate surface area is 193 Å². The second-order valence-electron chi connectivity index (χ2n) is 7.87. The third-order valence-electron chi connectivity index (χ3n) is 5.91. The van der Waals surface area contributed by atoms with Crippen LogP contribution >= 0.6 is 0 Å². The molecular weight excluding hydrogens is 416 g/mol. The third kappa shape index (κ3) is 4.20. The topological polar surface area (TPSA) is 67.9 Å². The monoisotopic (exact) mass is 442 g/mol. The zero-order valence-electron chi connectivity index (χ0n) is 19.1. The van der Waals surface area contributed by atoms with Crippen LogP contribution in [0.5, 0.6) is 11.5 Å². The van der Waals surface area contributed by atoms with E-state index in [4.69, 9.17) is 9.47 Å². The van der Waals surface area contributed by atoms with Crippen molar-refractivity contribution in [2.45, 2.75) is 20.4 Å². The van der Waals surface area contributed by atoms with Crippen LogP contribution in [-0.2, 0) is 16.1 Å². The van der Waals surface area contributed by atoms with E-state index in [-0.39, 0.29) is 24.1 Å². The van der Waals surface area contributed by atoms with Crippen molar-refractivity contribution in [3.05, 3.63) is 94.7 Å². The van der Waals surface area contributed by atoms with Crippen molar-refractivity contribution < 1.29 is 19.1 Å². The van der Waals surface area contributed by atoms with Crippen LogP contribution in [0.2, 0.25) is 0 Å². The molecule has 0 spiro atoms. The van der Waals surface area contributed by atoms with Gasteiger partial charge in [-0.1, -0.05) is 42.5 Å². The number of nitrogens with zero attached hydrogens (tertiary/aromatic N) is 1. The van der Waals surface area contributed by atoms with Crippen LogP contribution in [0.25, 0.3) is 5.57 Å². The van der Waals surface area contributed by atoms with E-state index in [0.717, 1.165) is 22.4 Å². The second-order valence-corrected chi connectivity index (χ2v) is 7.87. The summed E-state index contributed by atoms with van der Waals surface area (Å²) in [7, 11) is 3.14. The second kappa shape index (κ2) is 9.20. The summed E-state index contributed by atoms with van der Waals surface area (Å²) in [5.41, 5.74) is 4.82. The molecular formula is C27H26N2O4. The van der Waals surface area contributed by atoms with Crippen LogP contribution in [0.1, 0.15) is 22.3 Å². The van der Waals surface area contributed by atoms with Crippen LogP contribution in [-0.4, -0.2) is 30.9 Å². The molecule has 0 radical (unpaired) electrons. The number of aryl methyl sites for hydroxylation is 1. The van der Waals surface area contributed by atoms with Crippen LogP contribution in [0.3, 0.4) is 0 Å². The van der Waals surface area contributed by atoms with E-state index in [1.807, 2.05) is 68.4 Å². The molecule has 3 aromatic carbocycles. The van der Waals surface area contributed by atoms with Crippen LogP contribution in [0.4, 0.5) is 5.69 Å². The number of carbonyl (C=O) groups is 2. The summed E-state index contributed by atoms with van der Waals surface area (Å²) < 4.78 is 10.7. The largest absolute Gasteiger partial charge is 0.497 e. The van der Waals surface area contributed by atoms with Crippen molar-refractivity contribution in [1.29, 1.82) is 0 Å². The van der Waals surface area contributed by atoms with E-state index in [0.29, 0.717) is 22.6 Å². The fraction of sp³-hybridized carbons (Fsp3) is 0.185. The number of imide groups is 1. The molecule has 6 heteroatoms. The summed E-state index contributed by atoms with van der Waals surface area (Å²) in [5.74, 6) is 0.494. The van der Waals surface area contributed by atoms with Gasteiger partial charge in [-0.3, -0.25) is 14.5 Å². The van der Waals surface area contributed by atoms with Gasteiger partial charge in [-0.2, -0.15) is 0 Å². The van der Waals surface area contributed by atoms with E-state index in [9.17, 15) is 9.59 Å². The number of amides is 2. The smallest absolute Gasteiger partial charge is 0.278 e. The Morgan fingerprint density at radius 1 is 0.818 bits per heavy atom. The van der Waals surface area contributed by atoms with Crippen molar-refractivity contribution in [2.24, 2.45) is 0 Å². The quantitative estimate of drug-likeness (QED) is 0.537. The Morgan fingerprint density at radius 3 is 2.24 bits per heavy atom. The number of methoxy groups -OCH3 is 2. The normalized spacial score (nSPS) is 13.5. The fourth-order valence-electron chi connectivity index (χ4n) is 3.87. The summed E-state index contributed by atoms with van der Waals surface area (Å²) in [6.07, 6.45) is 0. The standard InChI is InChI=1S/C27H26N2O4/c1-17-8-7-10-22(18(17)2)28-25-24(21-9-5-6-11-23(21)33-4)26(30)29(27(25)31)16-19-12-14-20(32-3)15-13-19/h5-15,28H,16H2,1-4H3. The highest BCUT2D eigenvalue weighted by Crippen LogP contribution is 2.36. The predicted molar refractivity (Wildman–Crippen MR) is 128 cm³/mol. The van der Waals surface area contributed by atoms with Crippen molar-refractivity contribution in [3.8, 4) is 11.5 Å². The average molecular weight is 443 g/mol. The lowest BCUT2D eigenvalue weighted by Crippen LogP contribution is -2.32. The molecule has 168 valence electrons. The lowest BCUT2D eigenvalue weighted by molar-refractivity contribution is -0.137. The number of hydrogen-bond acceptors (Lipinski definition) is 5. The van der Waals surface area contributed by atoms with Crippen LogP contribution in [0, 0.1) is 13.8 Å². The maximum atomic E-state index is 13.6. The van der Waals surface area contributed by atoms with Gasteiger partial charge in [0.1, 0.15) is 17.2 Å². The maximum absolute atomic E-state index is 13.6. The van der Waals surface area contributed by atoms with Crippen molar-refractivity contribution in [3.63, 3.8) is 0 Å². The number of hydrogen-bond donors (Lipinski definition) is 1. The molecule has 3 aromatic rings. The Kier molecular flexibility index (Phi) is 6.18. The SMILES string of the molecule is COc1ccc(CN2C(=O)C(Nc3cccc(C)c3C)=C(c3ccccc3OC)C2=O)cc1. The predicted octanol–water partition coefficient (Wildman–Crippen LogP) is 4.71. The molecule has 1 aliphatic rings.